The van der Waals surface area contributed by atoms with E-state index in [0.29, 0.717) is 0 Å². The maximum Gasteiger partial charge on any atom is 0.328 e. The van der Waals surface area contributed by atoms with E-state index in [2.05, 4.69) is 10.1 Å². The highest BCUT2D eigenvalue weighted by Gasteiger charge is 2.34. The zero-order valence-corrected chi connectivity index (χ0v) is 9.53. The molecule has 88 valence electrons. The third kappa shape index (κ3) is 3.23. The first-order valence-corrected chi connectivity index (χ1v) is 5.35. The lowest BCUT2D eigenvalue weighted by Gasteiger charge is -2.20. The van der Waals surface area contributed by atoms with Gasteiger partial charge in [0.15, 0.2) is 0 Å². The molecule has 1 aliphatic rings. The van der Waals surface area contributed by atoms with Crippen LogP contribution in [-0.2, 0) is 14.3 Å². The summed E-state index contributed by atoms with van der Waals surface area (Å²) in [5.41, 5.74) is 0. The molecule has 1 aliphatic carbocycles. The minimum absolute atomic E-state index is 0.0430. The maximum absolute atomic E-state index is 11.5. The number of ether oxygens (including phenoxy) is 1. The van der Waals surface area contributed by atoms with Crippen LogP contribution in [-0.4, -0.2) is 25.0 Å². The lowest BCUT2D eigenvalue weighted by Crippen LogP contribution is -2.46. The molecule has 1 amide bonds. The molecule has 1 fully saturated rings. The molecular formula is C11H16N2O3. The molecular weight excluding hydrogens is 208 g/mol. The van der Waals surface area contributed by atoms with Gasteiger partial charge >= 0.3 is 5.97 Å². The zero-order valence-electron chi connectivity index (χ0n) is 9.53. The van der Waals surface area contributed by atoms with Crippen molar-refractivity contribution in [1.82, 2.24) is 5.32 Å². The van der Waals surface area contributed by atoms with Crippen LogP contribution in [0.15, 0.2) is 0 Å². The van der Waals surface area contributed by atoms with Crippen LogP contribution in [0, 0.1) is 23.2 Å². The second kappa shape index (κ2) is 5.50. The van der Waals surface area contributed by atoms with Crippen LogP contribution in [0.25, 0.3) is 0 Å². The molecule has 1 saturated carbocycles. The molecule has 5 nitrogen and oxygen atoms in total. The van der Waals surface area contributed by atoms with Crippen molar-refractivity contribution in [3.05, 3.63) is 0 Å². The van der Waals surface area contributed by atoms with Gasteiger partial charge in [0.05, 0.1) is 13.2 Å². The highest BCUT2D eigenvalue weighted by atomic mass is 16.5. The zero-order chi connectivity index (χ0) is 12.1. The van der Waals surface area contributed by atoms with Gasteiger partial charge in [0.1, 0.15) is 6.04 Å². The van der Waals surface area contributed by atoms with E-state index in [1.54, 1.807) is 6.92 Å². The number of nitriles is 1. The Kier molecular flexibility index (Phi) is 4.29. The molecule has 0 bridgehead atoms. The summed E-state index contributed by atoms with van der Waals surface area (Å²) in [5.74, 6) is -0.793. The Labute approximate surface area is 94.8 Å². The topological polar surface area (TPSA) is 79.2 Å². The molecule has 1 rings (SSSR count). The number of nitrogens with one attached hydrogen (secondary N) is 1. The van der Waals surface area contributed by atoms with E-state index < -0.39 is 12.0 Å². The Bertz CT molecular complexity index is 318. The predicted octanol–water partition coefficient (Wildman–Crippen LogP) is 0.604. The SMILES string of the molecule is COC(=O)[C@H](NC(=O)C1CC1)[C@@H](C)CC#N. The van der Waals surface area contributed by atoms with E-state index in [9.17, 15) is 9.59 Å². The minimum atomic E-state index is -0.710. The fourth-order valence-electron chi connectivity index (χ4n) is 1.44. The molecule has 0 aromatic carbocycles. The molecule has 1 N–H and O–H groups in total. The molecule has 16 heavy (non-hydrogen) atoms. The molecule has 0 unspecified atom stereocenters. The summed E-state index contributed by atoms with van der Waals surface area (Å²) in [4.78, 5) is 23.0. The van der Waals surface area contributed by atoms with Gasteiger partial charge < -0.3 is 10.1 Å². The second-order valence-electron chi connectivity index (χ2n) is 4.12. The highest BCUT2D eigenvalue weighted by molar-refractivity contribution is 5.87. The summed E-state index contributed by atoms with van der Waals surface area (Å²) in [6.07, 6.45) is 1.98. The van der Waals surface area contributed by atoms with Crippen LogP contribution in [0.3, 0.4) is 0 Å². The van der Waals surface area contributed by atoms with Crippen molar-refractivity contribution >= 4 is 11.9 Å². The molecule has 0 spiro atoms. The standard InChI is InChI=1S/C11H16N2O3/c1-7(5-6-12)9(11(15)16-2)13-10(14)8-3-4-8/h7-9H,3-5H2,1-2H3,(H,13,14)/t7-,9+/m0/s1. The molecule has 0 aromatic heterocycles. The molecule has 0 aliphatic heterocycles. The van der Waals surface area contributed by atoms with Gasteiger partial charge in [-0.15, -0.1) is 0 Å². The van der Waals surface area contributed by atoms with Gasteiger partial charge in [-0.25, -0.2) is 4.79 Å². The molecule has 5 heteroatoms. The lowest BCUT2D eigenvalue weighted by atomic mass is 9.99. The van der Waals surface area contributed by atoms with Crippen molar-refractivity contribution < 1.29 is 14.3 Å². The molecule has 0 radical (unpaired) electrons. The van der Waals surface area contributed by atoms with Crippen LogP contribution in [0.1, 0.15) is 26.2 Å². The number of carbonyl (C=O) groups is 2. The van der Waals surface area contributed by atoms with Crippen molar-refractivity contribution in [3.8, 4) is 6.07 Å². The Balaban J connectivity index is 2.59. The summed E-state index contributed by atoms with van der Waals surface area (Å²) >= 11 is 0. The van der Waals surface area contributed by atoms with Gasteiger partial charge in [-0.3, -0.25) is 4.79 Å². The number of nitrogens with zero attached hydrogens (tertiary/aromatic N) is 1. The Morgan fingerprint density at radius 2 is 2.19 bits per heavy atom. The van der Waals surface area contributed by atoms with Gasteiger partial charge in [0.2, 0.25) is 5.91 Å². The first-order chi connectivity index (χ1) is 7.60. The number of carbonyl (C=O) groups excluding carboxylic acids is 2. The Morgan fingerprint density at radius 1 is 1.56 bits per heavy atom. The van der Waals surface area contributed by atoms with Crippen molar-refractivity contribution in [1.29, 1.82) is 5.26 Å². The summed E-state index contributed by atoms with van der Waals surface area (Å²) in [5, 5.41) is 11.2. The molecule has 0 saturated heterocycles. The van der Waals surface area contributed by atoms with E-state index in [4.69, 9.17) is 5.26 Å². The maximum atomic E-state index is 11.5. The molecule has 0 heterocycles. The van der Waals surface area contributed by atoms with Gasteiger partial charge in [-0.05, 0) is 12.8 Å². The van der Waals surface area contributed by atoms with Crippen molar-refractivity contribution in [2.45, 2.75) is 32.2 Å². The van der Waals surface area contributed by atoms with Crippen LogP contribution in [0.4, 0.5) is 0 Å². The van der Waals surface area contributed by atoms with E-state index in [0.717, 1.165) is 12.8 Å². The minimum Gasteiger partial charge on any atom is -0.467 e. The van der Waals surface area contributed by atoms with Gasteiger partial charge in [0.25, 0.3) is 0 Å². The predicted molar refractivity (Wildman–Crippen MR) is 56.1 cm³/mol. The number of esters is 1. The number of rotatable bonds is 5. The van der Waals surface area contributed by atoms with Crippen molar-refractivity contribution in [3.63, 3.8) is 0 Å². The van der Waals surface area contributed by atoms with Crippen LogP contribution in [0.5, 0.6) is 0 Å². The summed E-state index contributed by atoms with van der Waals surface area (Å²) in [7, 11) is 1.28. The van der Waals surface area contributed by atoms with E-state index >= 15 is 0 Å². The van der Waals surface area contributed by atoms with E-state index in [-0.39, 0.29) is 24.2 Å². The third-order valence-corrected chi connectivity index (χ3v) is 2.68. The smallest absolute Gasteiger partial charge is 0.328 e. The first-order valence-electron chi connectivity index (χ1n) is 5.35. The average molecular weight is 224 g/mol. The normalized spacial score (nSPS) is 18.1. The first kappa shape index (κ1) is 12.5. The van der Waals surface area contributed by atoms with Crippen LogP contribution < -0.4 is 5.32 Å². The monoisotopic (exact) mass is 224 g/mol. The summed E-state index contributed by atoms with van der Waals surface area (Å²) < 4.78 is 4.62. The van der Waals surface area contributed by atoms with E-state index in [1.807, 2.05) is 6.07 Å². The average Bonchev–Trinajstić information content (AvgIpc) is 3.08. The van der Waals surface area contributed by atoms with E-state index in [1.165, 1.54) is 7.11 Å². The van der Waals surface area contributed by atoms with Gasteiger partial charge in [0, 0.05) is 18.3 Å². The molecule has 2 atom stereocenters. The largest absolute Gasteiger partial charge is 0.467 e. The van der Waals surface area contributed by atoms with Gasteiger partial charge in [-0.2, -0.15) is 5.26 Å². The quantitative estimate of drug-likeness (QED) is 0.694. The second-order valence-corrected chi connectivity index (χ2v) is 4.12. The lowest BCUT2D eigenvalue weighted by molar-refractivity contribution is -0.146. The Morgan fingerprint density at radius 3 is 2.62 bits per heavy atom. The number of amides is 1. The van der Waals surface area contributed by atoms with Gasteiger partial charge in [-0.1, -0.05) is 6.92 Å². The van der Waals surface area contributed by atoms with Crippen LogP contribution in [0.2, 0.25) is 0 Å². The highest BCUT2D eigenvalue weighted by Crippen LogP contribution is 2.29. The summed E-state index contributed by atoms with van der Waals surface area (Å²) in [6.45, 7) is 1.75. The number of hydrogen-bond donors (Lipinski definition) is 1. The number of hydrogen-bond acceptors (Lipinski definition) is 4. The fourth-order valence-corrected chi connectivity index (χ4v) is 1.44. The van der Waals surface area contributed by atoms with Crippen LogP contribution >= 0.6 is 0 Å². The Hall–Kier alpha value is -1.57. The molecule has 0 aromatic rings. The van der Waals surface area contributed by atoms with Crippen molar-refractivity contribution in [2.24, 2.45) is 11.8 Å². The van der Waals surface area contributed by atoms with Crippen molar-refractivity contribution in [2.75, 3.05) is 7.11 Å². The number of methoxy groups -OCH3 is 1. The summed E-state index contributed by atoms with van der Waals surface area (Å²) in [6, 6.07) is 1.28. The fraction of sp³-hybridized carbons (Fsp3) is 0.727. The third-order valence-electron chi connectivity index (χ3n) is 2.68.